The van der Waals surface area contributed by atoms with E-state index in [0.29, 0.717) is 39.9 Å². The Morgan fingerprint density at radius 3 is 2.28 bits per heavy atom. The van der Waals surface area contributed by atoms with Crippen molar-refractivity contribution in [2.24, 2.45) is 0 Å². The lowest BCUT2D eigenvalue weighted by atomic mass is 10.1. The molecule has 4 aromatic carbocycles. The maximum Gasteiger partial charge on any atom is 0.272 e. The number of carbonyl (C=O) groups is 3. The number of nitrogens with one attached hydrogen (secondary N) is 3. The Hall–Kier alpha value is -5.59. The number of carbonyl (C=O) groups excluding carboxylic acids is 3. The molecule has 50 heavy (non-hydrogen) atoms. The van der Waals surface area contributed by atoms with Crippen LogP contribution in [0.15, 0.2) is 113 Å². The average molecular weight is 709 g/mol. The van der Waals surface area contributed by atoms with Crippen LogP contribution in [0.25, 0.3) is 17.3 Å². The highest BCUT2D eigenvalue weighted by molar-refractivity contribution is 8.00. The Balaban J connectivity index is 1.30. The van der Waals surface area contributed by atoms with E-state index in [1.807, 2.05) is 42.6 Å². The minimum absolute atomic E-state index is 0.00766. The summed E-state index contributed by atoms with van der Waals surface area (Å²) in [6.45, 7) is 1.94. The van der Waals surface area contributed by atoms with Crippen molar-refractivity contribution in [1.29, 1.82) is 0 Å². The fourth-order valence-corrected chi connectivity index (χ4v) is 6.53. The number of rotatable bonds is 14. The van der Waals surface area contributed by atoms with Crippen LogP contribution in [0.2, 0.25) is 0 Å². The number of ether oxygens (including phenoxy) is 3. The molecule has 3 amide bonds. The van der Waals surface area contributed by atoms with Crippen molar-refractivity contribution in [2.75, 3.05) is 32.0 Å². The summed E-state index contributed by atoms with van der Waals surface area (Å²) in [5.41, 5.74) is 3.07. The molecule has 3 N–H and O–H groups in total. The number of thioether (sulfide) groups is 1. The number of anilines is 2. The molecule has 0 aliphatic rings. The molecule has 12 heteroatoms. The van der Waals surface area contributed by atoms with Gasteiger partial charge in [0.25, 0.3) is 11.8 Å². The molecule has 0 radical (unpaired) electrons. The van der Waals surface area contributed by atoms with Crippen molar-refractivity contribution >= 4 is 57.7 Å². The smallest absolute Gasteiger partial charge is 0.272 e. The first-order valence-electron chi connectivity index (χ1n) is 15.6. The van der Waals surface area contributed by atoms with Crippen LogP contribution in [0.1, 0.15) is 29.3 Å². The Labute approximate surface area is 298 Å². The van der Waals surface area contributed by atoms with Crippen molar-refractivity contribution in [3.63, 3.8) is 0 Å². The standard InChI is InChI=1S/C38H36N4O6S2/c1-5-34(37(45)42-38-41-32(23-49-38)24-14-16-28(46-2)17-15-24)50-30-13-9-12-27(22-30)39-36(44)31(40-35(43)25-10-7-6-8-11-25)21-26-20-29(47-3)18-19-33(26)48-4/h6-23,34H,5H2,1-4H3,(H,39,44)(H,40,43)(H,41,42,45)/b31-21+. The molecule has 1 heterocycles. The lowest BCUT2D eigenvalue weighted by molar-refractivity contribution is -0.116. The van der Waals surface area contributed by atoms with E-state index in [2.05, 4.69) is 20.9 Å². The number of aromatic nitrogens is 1. The second-order valence-corrected chi connectivity index (χ2v) is 12.9. The fourth-order valence-electron chi connectivity index (χ4n) is 4.79. The molecule has 0 saturated carbocycles. The molecule has 5 rings (SSSR count). The van der Waals surface area contributed by atoms with Crippen LogP contribution in [0.4, 0.5) is 10.8 Å². The number of thiazole rings is 1. The summed E-state index contributed by atoms with van der Waals surface area (Å²) >= 11 is 2.73. The lowest BCUT2D eigenvalue weighted by Gasteiger charge is -2.15. The number of methoxy groups -OCH3 is 3. The molecule has 0 fully saturated rings. The summed E-state index contributed by atoms with van der Waals surface area (Å²) in [6, 6.07) is 28.5. The molecule has 5 aromatic rings. The monoisotopic (exact) mass is 708 g/mol. The molecule has 0 bridgehead atoms. The van der Waals surface area contributed by atoms with E-state index in [-0.39, 0.29) is 11.6 Å². The second kappa shape index (κ2) is 17.2. The van der Waals surface area contributed by atoms with Crippen molar-refractivity contribution in [3.8, 4) is 28.5 Å². The average Bonchev–Trinajstić information content (AvgIpc) is 3.62. The SMILES string of the molecule is CCC(Sc1cccc(NC(=O)/C(=C\c2cc(OC)ccc2OC)NC(=O)c2ccccc2)c1)C(=O)Nc1nc(-c2ccc(OC)cc2)cs1. The summed E-state index contributed by atoms with van der Waals surface area (Å²) in [6.07, 6.45) is 2.09. The van der Waals surface area contributed by atoms with Gasteiger partial charge < -0.3 is 30.2 Å². The molecular formula is C38H36N4O6S2. The number of hydrogen-bond donors (Lipinski definition) is 3. The van der Waals surface area contributed by atoms with E-state index in [4.69, 9.17) is 14.2 Å². The molecule has 0 saturated heterocycles. The maximum atomic E-state index is 13.7. The minimum atomic E-state index is -0.553. The van der Waals surface area contributed by atoms with Gasteiger partial charge >= 0.3 is 0 Å². The molecule has 1 atom stereocenters. The zero-order valence-corrected chi connectivity index (χ0v) is 29.5. The largest absolute Gasteiger partial charge is 0.497 e. The summed E-state index contributed by atoms with van der Waals surface area (Å²) in [5.74, 6) is 0.613. The van der Waals surface area contributed by atoms with Crippen LogP contribution in [0, 0.1) is 0 Å². The molecule has 0 aliphatic carbocycles. The summed E-state index contributed by atoms with van der Waals surface area (Å²) in [5, 5.41) is 10.6. The van der Waals surface area contributed by atoms with Crippen LogP contribution < -0.4 is 30.2 Å². The van der Waals surface area contributed by atoms with Crippen molar-refractivity contribution in [2.45, 2.75) is 23.5 Å². The number of amides is 3. The molecule has 10 nitrogen and oxygen atoms in total. The van der Waals surface area contributed by atoms with Crippen LogP contribution >= 0.6 is 23.1 Å². The van der Waals surface area contributed by atoms with E-state index in [9.17, 15) is 14.4 Å². The first kappa shape index (κ1) is 35.7. The number of hydrogen-bond acceptors (Lipinski definition) is 9. The summed E-state index contributed by atoms with van der Waals surface area (Å²) in [7, 11) is 4.67. The van der Waals surface area contributed by atoms with Crippen molar-refractivity contribution in [3.05, 3.63) is 119 Å². The van der Waals surface area contributed by atoms with Gasteiger partial charge in [0.15, 0.2) is 5.13 Å². The Kier molecular flexibility index (Phi) is 12.3. The zero-order valence-electron chi connectivity index (χ0n) is 27.9. The third-order valence-electron chi connectivity index (χ3n) is 7.42. The zero-order chi connectivity index (χ0) is 35.5. The quantitative estimate of drug-likeness (QED) is 0.0790. The highest BCUT2D eigenvalue weighted by Gasteiger charge is 2.21. The van der Waals surface area contributed by atoms with E-state index in [1.54, 1.807) is 73.8 Å². The summed E-state index contributed by atoms with van der Waals surface area (Å²) < 4.78 is 16.1. The predicted molar refractivity (Wildman–Crippen MR) is 199 cm³/mol. The van der Waals surface area contributed by atoms with E-state index in [1.165, 1.54) is 43.4 Å². The van der Waals surface area contributed by atoms with Crippen LogP contribution in [0.3, 0.4) is 0 Å². The van der Waals surface area contributed by atoms with Crippen LogP contribution in [-0.2, 0) is 9.59 Å². The molecule has 256 valence electrons. The lowest BCUT2D eigenvalue weighted by Crippen LogP contribution is -2.30. The molecule has 1 unspecified atom stereocenters. The maximum absolute atomic E-state index is 13.7. The Morgan fingerprint density at radius 1 is 0.840 bits per heavy atom. The van der Waals surface area contributed by atoms with Gasteiger partial charge in [-0.25, -0.2) is 4.98 Å². The normalized spacial score (nSPS) is 11.6. The minimum Gasteiger partial charge on any atom is -0.497 e. The van der Waals surface area contributed by atoms with Gasteiger partial charge in [-0.15, -0.1) is 23.1 Å². The Bertz CT molecular complexity index is 1980. The van der Waals surface area contributed by atoms with Gasteiger partial charge in [0.1, 0.15) is 22.9 Å². The van der Waals surface area contributed by atoms with E-state index < -0.39 is 17.1 Å². The van der Waals surface area contributed by atoms with Gasteiger partial charge in [-0.05, 0) is 85.3 Å². The molecule has 1 aromatic heterocycles. The van der Waals surface area contributed by atoms with Crippen molar-refractivity contribution in [1.82, 2.24) is 10.3 Å². The van der Waals surface area contributed by atoms with E-state index >= 15 is 0 Å². The van der Waals surface area contributed by atoms with Gasteiger partial charge in [-0.1, -0.05) is 31.2 Å². The topological polar surface area (TPSA) is 128 Å². The van der Waals surface area contributed by atoms with Gasteiger partial charge in [0.05, 0.1) is 32.3 Å². The first-order valence-corrected chi connectivity index (χ1v) is 17.3. The Morgan fingerprint density at radius 2 is 1.58 bits per heavy atom. The molecular weight excluding hydrogens is 673 g/mol. The second-order valence-electron chi connectivity index (χ2n) is 10.7. The highest BCUT2D eigenvalue weighted by atomic mass is 32.2. The fraction of sp³-hybridized carbons (Fsp3) is 0.158. The van der Waals surface area contributed by atoms with Crippen molar-refractivity contribution < 1.29 is 28.6 Å². The van der Waals surface area contributed by atoms with Gasteiger partial charge in [-0.2, -0.15) is 0 Å². The van der Waals surface area contributed by atoms with Crippen LogP contribution in [0.5, 0.6) is 17.2 Å². The van der Waals surface area contributed by atoms with E-state index in [0.717, 1.165) is 21.9 Å². The molecule has 0 aliphatic heterocycles. The molecule has 0 spiro atoms. The number of benzene rings is 4. The third-order valence-corrected chi connectivity index (χ3v) is 9.53. The van der Waals surface area contributed by atoms with Gasteiger partial charge in [0, 0.05) is 32.7 Å². The first-order chi connectivity index (χ1) is 24.3. The summed E-state index contributed by atoms with van der Waals surface area (Å²) in [4.78, 5) is 45.5. The predicted octanol–water partition coefficient (Wildman–Crippen LogP) is 7.75. The van der Waals surface area contributed by atoms with Gasteiger partial charge in [0.2, 0.25) is 5.91 Å². The highest BCUT2D eigenvalue weighted by Crippen LogP contribution is 2.31. The van der Waals surface area contributed by atoms with Gasteiger partial charge in [-0.3, -0.25) is 14.4 Å². The van der Waals surface area contributed by atoms with Crippen LogP contribution in [-0.4, -0.2) is 49.3 Å². The number of nitrogens with zero attached hydrogens (tertiary/aromatic N) is 1. The third kappa shape index (κ3) is 9.30.